The summed E-state index contributed by atoms with van der Waals surface area (Å²) < 4.78 is 0. The molecular formula is C13H20N4O. The standard InChI is InChI=1S/C13H20N4O/c1-9-7-17(8-11(9)16(2)3)13(18)10-5-4-6-12(14)15-10/h4-6,9,11H,7-8H2,1-3H3,(H2,14,15). The summed E-state index contributed by atoms with van der Waals surface area (Å²) in [5.41, 5.74) is 6.04. The van der Waals surface area contributed by atoms with Crippen molar-refractivity contribution in [3.63, 3.8) is 0 Å². The lowest BCUT2D eigenvalue weighted by molar-refractivity contribution is 0.0776. The molecule has 2 N–H and O–H groups in total. The van der Waals surface area contributed by atoms with Gasteiger partial charge < -0.3 is 15.5 Å². The second-order valence-corrected chi connectivity index (χ2v) is 5.17. The molecule has 98 valence electrons. The lowest BCUT2D eigenvalue weighted by Gasteiger charge is -2.22. The van der Waals surface area contributed by atoms with Crippen molar-refractivity contribution in [3.05, 3.63) is 23.9 Å². The van der Waals surface area contributed by atoms with Gasteiger partial charge in [0.2, 0.25) is 0 Å². The molecule has 0 spiro atoms. The molecule has 1 fully saturated rings. The van der Waals surface area contributed by atoms with Gasteiger partial charge in [-0.1, -0.05) is 13.0 Å². The number of amides is 1. The van der Waals surface area contributed by atoms with Crippen LogP contribution in [0.5, 0.6) is 0 Å². The molecular weight excluding hydrogens is 228 g/mol. The molecule has 1 saturated heterocycles. The smallest absolute Gasteiger partial charge is 0.272 e. The summed E-state index contributed by atoms with van der Waals surface area (Å²) in [4.78, 5) is 20.4. The number of carbonyl (C=O) groups excluding carboxylic acids is 1. The Morgan fingerprint density at radius 3 is 2.72 bits per heavy atom. The summed E-state index contributed by atoms with van der Waals surface area (Å²) in [6.07, 6.45) is 0. The van der Waals surface area contributed by atoms with Crippen LogP contribution in [0.3, 0.4) is 0 Å². The average Bonchev–Trinajstić information content (AvgIpc) is 2.70. The molecule has 0 radical (unpaired) electrons. The normalized spacial score (nSPS) is 23.7. The van der Waals surface area contributed by atoms with Crippen LogP contribution in [0.2, 0.25) is 0 Å². The molecule has 0 saturated carbocycles. The van der Waals surface area contributed by atoms with Crippen molar-refractivity contribution in [1.29, 1.82) is 0 Å². The minimum atomic E-state index is -0.0292. The lowest BCUT2D eigenvalue weighted by atomic mass is 10.1. The second-order valence-electron chi connectivity index (χ2n) is 5.17. The van der Waals surface area contributed by atoms with E-state index in [-0.39, 0.29) is 5.91 Å². The Balaban J connectivity index is 2.12. The molecule has 1 amide bonds. The zero-order chi connectivity index (χ0) is 13.3. The van der Waals surface area contributed by atoms with E-state index < -0.39 is 0 Å². The van der Waals surface area contributed by atoms with Gasteiger partial charge in [0.05, 0.1) is 0 Å². The van der Waals surface area contributed by atoms with E-state index in [1.54, 1.807) is 18.2 Å². The minimum absolute atomic E-state index is 0.0292. The van der Waals surface area contributed by atoms with Crippen LogP contribution < -0.4 is 5.73 Å². The molecule has 5 nitrogen and oxygen atoms in total. The highest BCUT2D eigenvalue weighted by Crippen LogP contribution is 2.21. The minimum Gasteiger partial charge on any atom is -0.384 e. The predicted octanol–water partition coefficient (Wildman–Crippen LogP) is 0.686. The SMILES string of the molecule is CC1CN(C(=O)c2cccc(N)n2)CC1N(C)C. The van der Waals surface area contributed by atoms with Crippen LogP contribution >= 0.6 is 0 Å². The number of nitrogens with two attached hydrogens (primary N) is 1. The summed E-state index contributed by atoms with van der Waals surface area (Å²) in [6, 6.07) is 5.58. The first-order valence-electron chi connectivity index (χ1n) is 6.17. The third-order valence-electron chi connectivity index (χ3n) is 3.51. The largest absolute Gasteiger partial charge is 0.384 e. The first kappa shape index (κ1) is 12.8. The van der Waals surface area contributed by atoms with Gasteiger partial charge in [-0.25, -0.2) is 4.98 Å². The van der Waals surface area contributed by atoms with E-state index in [4.69, 9.17) is 5.73 Å². The third kappa shape index (κ3) is 2.46. The Morgan fingerprint density at radius 1 is 1.44 bits per heavy atom. The number of rotatable bonds is 2. The van der Waals surface area contributed by atoms with Crippen molar-refractivity contribution in [1.82, 2.24) is 14.8 Å². The Kier molecular flexibility index (Phi) is 3.52. The van der Waals surface area contributed by atoms with E-state index in [1.807, 2.05) is 19.0 Å². The number of nitrogen functional groups attached to an aromatic ring is 1. The van der Waals surface area contributed by atoms with Crippen LogP contribution in [0, 0.1) is 5.92 Å². The fraction of sp³-hybridized carbons (Fsp3) is 0.538. The van der Waals surface area contributed by atoms with Crippen molar-refractivity contribution >= 4 is 11.7 Å². The maximum atomic E-state index is 12.3. The van der Waals surface area contributed by atoms with Crippen LogP contribution in [-0.4, -0.2) is 53.9 Å². The zero-order valence-corrected chi connectivity index (χ0v) is 11.1. The lowest BCUT2D eigenvalue weighted by Crippen LogP contribution is -2.36. The Hall–Kier alpha value is -1.62. The van der Waals surface area contributed by atoms with E-state index in [1.165, 1.54) is 0 Å². The number of aromatic nitrogens is 1. The van der Waals surface area contributed by atoms with Gasteiger partial charge in [-0.2, -0.15) is 0 Å². The van der Waals surface area contributed by atoms with E-state index >= 15 is 0 Å². The number of likely N-dealkylation sites (tertiary alicyclic amines) is 1. The number of pyridine rings is 1. The van der Waals surface area contributed by atoms with Gasteiger partial charge >= 0.3 is 0 Å². The van der Waals surface area contributed by atoms with Crippen LogP contribution in [-0.2, 0) is 0 Å². The molecule has 1 aromatic heterocycles. The molecule has 0 aromatic carbocycles. The van der Waals surface area contributed by atoms with Crippen LogP contribution in [0.1, 0.15) is 17.4 Å². The molecule has 18 heavy (non-hydrogen) atoms. The predicted molar refractivity (Wildman–Crippen MR) is 71.2 cm³/mol. The number of likely N-dealkylation sites (N-methyl/N-ethyl adjacent to an activating group) is 1. The first-order valence-corrected chi connectivity index (χ1v) is 6.17. The van der Waals surface area contributed by atoms with Gasteiger partial charge in [0.1, 0.15) is 11.5 Å². The van der Waals surface area contributed by atoms with Gasteiger partial charge in [0.15, 0.2) is 0 Å². The van der Waals surface area contributed by atoms with Gasteiger partial charge in [0.25, 0.3) is 5.91 Å². The maximum Gasteiger partial charge on any atom is 0.272 e. The maximum absolute atomic E-state index is 12.3. The number of carbonyl (C=O) groups is 1. The van der Waals surface area contributed by atoms with Crippen molar-refractivity contribution in [3.8, 4) is 0 Å². The fourth-order valence-corrected chi connectivity index (χ4v) is 2.52. The van der Waals surface area contributed by atoms with Gasteiger partial charge in [-0.05, 0) is 32.1 Å². The van der Waals surface area contributed by atoms with Crippen molar-refractivity contribution in [2.24, 2.45) is 5.92 Å². The van der Waals surface area contributed by atoms with Crippen molar-refractivity contribution in [2.45, 2.75) is 13.0 Å². The van der Waals surface area contributed by atoms with Crippen molar-refractivity contribution in [2.75, 3.05) is 32.9 Å². The topological polar surface area (TPSA) is 62.5 Å². The summed E-state index contributed by atoms with van der Waals surface area (Å²) in [7, 11) is 4.10. The van der Waals surface area contributed by atoms with Gasteiger partial charge in [0, 0.05) is 19.1 Å². The number of nitrogens with zero attached hydrogens (tertiary/aromatic N) is 3. The molecule has 2 unspecified atom stereocenters. The van der Waals surface area contributed by atoms with E-state index in [0.29, 0.717) is 23.5 Å². The molecule has 1 aliphatic heterocycles. The third-order valence-corrected chi connectivity index (χ3v) is 3.51. The quantitative estimate of drug-likeness (QED) is 0.836. The van der Waals surface area contributed by atoms with Gasteiger partial charge in [-0.3, -0.25) is 4.79 Å². The molecule has 2 rings (SSSR count). The molecule has 1 aliphatic rings. The van der Waals surface area contributed by atoms with Gasteiger partial charge in [-0.15, -0.1) is 0 Å². The van der Waals surface area contributed by atoms with Crippen LogP contribution in [0.4, 0.5) is 5.82 Å². The molecule has 2 atom stereocenters. The molecule has 0 aliphatic carbocycles. The molecule has 5 heteroatoms. The average molecular weight is 248 g/mol. The highest BCUT2D eigenvalue weighted by molar-refractivity contribution is 5.92. The summed E-state index contributed by atoms with van der Waals surface area (Å²) >= 11 is 0. The van der Waals surface area contributed by atoms with E-state index in [2.05, 4.69) is 16.8 Å². The number of hydrogen-bond donors (Lipinski definition) is 1. The number of hydrogen-bond acceptors (Lipinski definition) is 4. The highest BCUT2D eigenvalue weighted by Gasteiger charge is 2.34. The summed E-state index contributed by atoms with van der Waals surface area (Å²) in [6.45, 7) is 3.70. The highest BCUT2D eigenvalue weighted by atomic mass is 16.2. The van der Waals surface area contributed by atoms with Crippen LogP contribution in [0.15, 0.2) is 18.2 Å². The summed E-state index contributed by atoms with van der Waals surface area (Å²) in [5.74, 6) is 0.834. The Morgan fingerprint density at radius 2 is 2.17 bits per heavy atom. The second kappa shape index (κ2) is 4.94. The molecule has 1 aromatic rings. The Bertz CT molecular complexity index is 446. The van der Waals surface area contributed by atoms with E-state index in [9.17, 15) is 4.79 Å². The van der Waals surface area contributed by atoms with Crippen LogP contribution in [0.25, 0.3) is 0 Å². The molecule has 2 heterocycles. The van der Waals surface area contributed by atoms with Crippen molar-refractivity contribution < 1.29 is 4.79 Å². The number of anilines is 1. The monoisotopic (exact) mass is 248 g/mol. The zero-order valence-electron chi connectivity index (χ0n) is 11.1. The fourth-order valence-electron chi connectivity index (χ4n) is 2.52. The first-order chi connectivity index (χ1) is 8.49. The van der Waals surface area contributed by atoms with E-state index in [0.717, 1.165) is 13.1 Å². The Labute approximate surface area is 108 Å². The summed E-state index contributed by atoms with van der Waals surface area (Å²) in [5, 5.41) is 0. The molecule has 0 bridgehead atoms.